The molecule has 0 N–H and O–H groups in total. The van der Waals surface area contributed by atoms with E-state index in [0.29, 0.717) is 23.5 Å². The van der Waals surface area contributed by atoms with Crippen LogP contribution in [0.4, 0.5) is 0 Å². The van der Waals surface area contributed by atoms with Gasteiger partial charge >= 0.3 is 0 Å². The van der Waals surface area contributed by atoms with Gasteiger partial charge in [0.2, 0.25) is 5.76 Å². The van der Waals surface area contributed by atoms with Crippen molar-refractivity contribution in [1.29, 1.82) is 0 Å². The van der Waals surface area contributed by atoms with Crippen LogP contribution in [0.25, 0.3) is 0 Å². The van der Waals surface area contributed by atoms with Gasteiger partial charge in [-0.15, -0.1) is 0 Å². The second kappa shape index (κ2) is 6.18. The minimum atomic E-state index is 0.00524. The van der Waals surface area contributed by atoms with Crippen LogP contribution in [0, 0.1) is 18.8 Å². The third-order valence-corrected chi connectivity index (χ3v) is 4.63. The molecule has 0 aliphatic carbocycles. The van der Waals surface area contributed by atoms with Crippen molar-refractivity contribution in [2.75, 3.05) is 26.3 Å². The number of carbonyl (C=O) groups is 1. The first-order valence-corrected chi connectivity index (χ1v) is 8.02. The van der Waals surface area contributed by atoms with E-state index in [4.69, 9.17) is 9.15 Å². The molecule has 116 valence electrons. The number of oxazole rings is 1. The summed E-state index contributed by atoms with van der Waals surface area (Å²) in [5, 5.41) is 0. The molecule has 5 nitrogen and oxygen atoms in total. The van der Waals surface area contributed by atoms with Crippen molar-refractivity contribution in [3.8, 4) is 0 Å². The van der Waals surface area contributed by atoms with Crippen LogP contribution in [0.5, 0.6) is 0 Å². The van der Waals surface area contributed by atoms with Gasteiger partial charge in [0.1, 0.15) is 0 Å². The quantitative estimate of drug-likeness (QED) is 0.855. The molecule has 1 aromatic rings. The highest BCUT2D eigenvalue weighted by molar-refractivity contribution is 5.93. The van der Waals surface area contributed by atoms with E-state index in [1.165, 1.54) is 0 Å². The van der Waals surface area contributed by atoms with Gasteiger partial charge in [-0.25, -0.2) is 4.98 Å². The summed E-state index contributed by atoms with van der Waals surface area (Å²) in [6, 6.07) is 0. The van der Waals surface area contributed by atoms with Crippen molar-refractivity contribution >= 4 is 5.91 Å². The van der Waals surface area contributed by atoms with Crippen LogP contribution >= 0.6 is 0 Å². The molecule has 3 heterocycles. The highest BCUT2D eigenvalue weighted by Crippen LogP contribution is 2.32. The molecule has 0 unspecified atom stereocenters. The Morgan fingerprint density at radius 2 is 2.00 bits per heavy atom. The highest BCUT2D eigenvalue weighted by Gasteiger charge is 2.38. The Morgan fingerprint density at radius 3 is 2.67 bits per heavy atom. The van der Waals surface area contributed by atoms with Gasteiger partial charge in [-0.2, -0.15) is 0 Å². The lowest BCUT2D eigenvalue weighted by molar-refractivity contribution is -0.00394. The highest BCUT2D eigenvalue weighted by atomic mass is 16.5. The molecule has 0 spiro atoms. The molecule has 0 aromatic carbocycles. The molecule has 0 bridgehead atoms. The molecule has 0 atom stereocenters. The summed E-state index contributed by atoms with van der Waals surface area (Å²) >= 11 is 0. The maximum absolute atomic E-state index is 12.5. The average Bonchev–Trinajstić information content (AvgIpc) is 2.79. The van der Waals surface area contributed by atoms with E-state index in [9.17, 15) is 4.79 Å². The second-order valence-electron chi connectivity index (χ2n) is 6.19. The minimum absolute atomic E-state index is 0.00524. The van der Waals surface area contributed by atoms with Crippen LogP contribution < -0.4 is 0 Å². The number of hydrogen-bond donors (Lipinski definition) is 0. The lowest BCUT2D eigenvalue weighted by atomic mass is 9.81. The number of rotatable bonds is 4. The van der Waals surface area contributed by atoms with Crippen LogP contribution in [0.3, 0.4) is 0 Å². The summed E-state index contributed by atoms with van der Waals surface area (Å²) in [7, 11) is 0. The number of aromatic nitrogens is 1. The summed E-state index contributed by atoms with van der Waals surface area (Å²) < 4.78 is 11.0. The molecule has 0 radical (unpaired) electrons. The van der Waals surface area contributed by atoms with Crippen molar-refractivity contribution < 1.29 is 13.9 Å². The summed E-state index contributed by atoms with van der Waals surface area (Å²) in [5.74, 6) is 2.47. The first-order chi connectivity index (χ1) is 10.2. The van der Waals surface area contributed by atoms with Crippen molar-refractivity contribution in [2.24, 2.45) is 11.8 Å². The Labute approximate surface area is 125 Å². The minimum Gasteiger partial charge on any atom is -0.435 e. The third kappa shape index (κ3) is 2.98. The van der Waals surface area contributed by atoms with Crippen molar-refractivity contribution in [3.63, 3.8) is 0 Å². The Hall–Kier alpha value is -1.36. The zero-order chi connectivity index (χ0) is 14.8. The predicted octanol–water partition coefficient (Wildman–Crippen LogP) is 2.43. The van der Waals surface area contributed by atoms with Gasteiger partial charge in [0.25, 0.3) is 5.91 Å². The van der Waals surface area contributed by atoms with E-state index in [0.717, 1.165) is 57.7 Å². The van der Waals surface area contributed by atoms with E-state index >= 15 is 0 Å². The number of aryl methyl sites for hydroxylation is 2. The normalized spacial score (nSPS) is 20.6. The average molecular weight is 292 g/mol. The number of likely N-dealkylation sites (tertiary alicyclic amines) is 1. The maximum Gasteiger partial charge on any atom is 0.291 e. The van der Waals surface area contributed by atoms with Gasteiger partial charge in [0, 0.05) is 32.7 Å². The summed E-state index contributed by atoms with van der Waals surface area (Å²) in [5.41, 5.74) is 0.720. The SMILES string of the molecule is CCCc1nc(C)c(C(=O)N2CC(C3CCOCC3)C2)o1. The van der Waals surface area contributed by atoms with Gasteiger partial charge in [-0.3, -0.25) is 4.79 Å². The lowest BCUT2D eigenvalue weighted by Gasteiger charge is -2.44. The Bertz CT molecular complexity index is 500. The van der Waals surface area contributed by atoms with E-state index in [1.807, 2.05) is 11.8 Å². The molecule has 3 rings (SSSR count). The van der Waals surface area contributed by atoms with Gasteiger partial charge in [0.15, 0.2) is 5.89 Å². The van der Waals surface area contributed by atoms with Crippen LogP contribution in [0.15, 0.2) is 4.42 Å². The van der Waals surface area contributed by atoms with Crippen LogP contribution in [-0.4, -0.2) is 42.1 Å². The van der Waals surface area contributed by atoms with Crippen LogP contribution in [0.1, 0.15) is 48.3 Å². The monoisotopic (exact) mass is 292 g/mol. The lowest BCUT2D eigenvalue weighted by Crippen LogP contribution is -2.53. The molecule has 0 saturated carbocycles. The van der Waals surface area contributed by atoms with Crippen molar-refractivity contribution in [3.05, 3.63) is 17.3 Å². The number of carbonyl (C=O) groups excluding carboxylic acids is 1. The van der Waals surface area contributed by atoms with Gasteiger partial charge < -0.3 is 14.1 Å². The Morgan fingerprint density at radius 1 is 1.29 bits per heavy atom. The standard InChI is InChI=1S/C16H24N2O3/c1-3-4-14-17-11(2)15(21-14)16(19)18-9-13(10-18)12-5-7-20-8-6-12/h12-13H,3-10H2,1-2H3. The van der Waals surface area contributed by atoms with Gasteiger partial charge in [-0.05, 0) is 38.0 Å². The molecule has 1 aromatic heterocycles. The molecule has 21 heavy (non-hydrogen) atoms. The van der Waals surface area contributed by atoms with Gasteiger partial charge in [0.05, 0.1) is 5.69 Å². The van der Waals surface area contributed by atoms with E-state index in [1.54, 1.807) is 0 Å². The molecule has 2 aliphatic rings. The largest absolute Gasteiger partial charge is 0.435 e. The van der Waals surface area contributed by atoms with Crippen molar-refractivity contribution in [1.82, 2.24) is 9.88 Å². The number of nitrogens with zero attached hydrogens (tertiary/aromatic N) is 2. The molecule has 2 saturated heterocycles. The predicted molar refractivity (Wildman–Crippen MR) is 78.2 cm³/mol. The van der Waals surface area contributed by atoms with Crippen LogP contribution in [0.2, 0.25) is 0 Å². The molecule has 5 heteroatoms. The van der Waals surface area contributed by atoms with Gasteiger partial charge in [-0.1, -0.05) is 6.92 Å². The number of hydrogen-bond acceptors (Lipinski definition) is 4. The zero-order valence-electron chi connectivity index (χ0n) is 12.9. The van der Waals surface area contributed by atoms with Crippen molar-refractivity contribution in [2.45, 2.75) is 39.5 Å². The maximum atomic E-state index is 12.5. The summed E-state index contributed by atoms with van der Waals surface area (Å²) in [6.07, 6.45) is 4.03. The summed E-state index contributed by atoms with van der Waals surface area (Å²) in [4.78, 5) is 18.7. The van der Waals surface area contributed by atoms with Crippen LogP contribution in [-0.2, 0) is 11.2 Å². The first-order valence-electron chi connectivity index (χ1n) is 8.02. The number of amides is 1. The molecular weight excluding hydrogens is 268 g/mol. The molecule has 2 aliphatic heterocycles. The smallest absolute Gasteiger partial charge is 0.291 e. The second-order valence-corrected chi connectivity index (χ2v) is 6.19. The number of ether oxygens (including phenoxy) is 1. The first kappa shape index (κ1) is 14.6. The molecule has 1 amide bonds. The van der Waals surface area contributed by atoms with E-state index < -0.39 is 0 Å². The fraction of sp³-hybridized carbons (Fsp3) is 0.750. The third-order valence-electron chi connectivity index (χ3n) is 4.63. The van der Waals surface area contributed by atoms with E-state index in [2.05, 4.69) is 11.9 Å². The summed E-state index contributed by atoms with van der Waals surface area (Å²) in [6.45, 7) is 7.38. The Balaban J connectivity index is 1.57. The molecular formula is C16H24N2O3. The van der Waals surface area contributed by atoms with E-state index in [-0.39, 0.29) is 5.91 Å². The topological polar surface area (TPSA) is 55.6 Å². The zero-order valence-corrected chi connectivity index (χ0v) is 12.9. The molecule has 2 fully saturated rings. The fourth-order valence-electron chi connectivity index (χ4n) is 3.28. The Kier molecular flexibility index (Phi) is 4.29. The fourth-order valence-corrected chi connectivity index (χ4v) is 3.28.